The van der Waals surface area contributed by atoms with Crippen LogP contribution in [0.25, 0.3) is 0 Å². The molecular weight excluding hydrogens is 176 g/mol. The Bertz CT molecular complexity index is 217. The number of carbonyl (C=O) groups is 1. The smallest absolute Gasteiger partial charge is 0.315 e. The Labute approximate surface area is 85.6 Å². The highest BCUT2D eigenvalue weighted by Crippen LogP contribution is 2.44. The molecule has 0 aromatic carbocycles. The highest BCUT2D eigenvalue weighted by Gasteiger charge is 2.39. The van der Waals surface area contributed by atoms with Gasteiger partial charge < -0.3 is 10.6 Å². The van der Waals surface area contributed by atoms with Gasteiger partial charge in [-0.1, -0.05) is 13.3 Å². The number of nitrogens with one attached hydrogen (secondary N) is 2. The molecule has 2 fully saturated rings. The molecule has 2 aliphatic rings. The molecule has 2 saturated carbocycles. The van der Waals surface area contributed by atoms with Gasteiger partial charge in [0.25, 0.3) is 0 Å². The van der Waals surface area contributed by atoms with Crippen molar-refractivity contribution in [2.75, 3.05) is 6.54 Å². The minimum absolute atomic E-state index is 0.0319. The minimum Gasteiger partial charge on any atom is -0.338 e. The van der Waals surface area contributed by atoms with Crippen LogP contribution < -0.4 is 10.6 Å². The molecule has 2 aliphatic carbocycles. The van der Waals surface area contributed by atoms with Gasteiger partial charge in [0.15, 0.2) is 0 Å². The number of hydrogen-bond acceptors (Lipinski definition) is 1. The number of urea groups is 1. The van der Waals surface area contributed by atoms with Crippen molar-refractivity contribution in [3.8, 4) is 0 Å². The van der Waals surface area contributed by atoms with Crippen LogP contribution in [0, 0.1) is 11.8 Å². The van der Waals surface area contributed by atoms with Crippen molar-refractivity contribution in [2.24, 2.45) is 11.8 Å². The van der Waals surface area contributed by atoms with Crippen LogP contribution in [0.1, 0.15) is 39.0 Å². The lowest BCUT2D eigenvalue weighted by Crippen LogP contribution is -2.44. The van der Waals surface area contributed by atoms with E-state index >= 15 is 0 Å². The van der Waals surface area contributed by atoms with Gasteiger partial charge in [0.05, 0.1) is 0 Å². The lowest BCUT2D eigenvalue weighted by Gasteiger charge is -2.22. The second kappa shape index (κ2) is 4.20. The fourth-order valence-corrected chi connectivity index (χ4v) is 2.88. The molecule has 14 heavy (non-hydrogen) atoms. The number of hydrogen-bond donors (Lipinski definition) is 2. The lowest BCUT2D eigenvalue weighted by atomic mass is 9.95. The van der Waals surface area contributed by atoms with E-state index < -0.39 is 0 Å². The van der Waals surface area contributed by atoms with Crippen molar-refractivity contribution in [2.45, 2.75) is 45.1 Å². The Kier molecular flexibility index (Phi) is 2.94. The molecule has 0 spiro atoms. The van der Waals surface area contributed by atoms with Crippen LogP contribution in [0.2, 0.25) is 0 Å². The largest absolute Gasteiger partial charge is 0.338 e. The van der Waals surface area contributed by atoms with Crippen molar-refractivity contribution in [1.29, 1.82) is 0 Å². The van der Waals surface area contributed by atoms with Gasteiger partial charge in [0.1, 0.15) is 0 Å². The Morgan fingerprint density at radius 3 is 2.79 bits per heavy atom. The molecule has 0 aliphatic heterocycles. The van der Waals surface area contributed by atoms with E-state index in [0.717, 1.165) is 24.8 Å². The van der Waals surface area contributed by atoms with E-state index in [-0.39, 0.29) is 6.03 Å². The predicted molar refractivity (Wildman–Crippen MR) is 56.1 cm³/mol. The lowest BCUT2D eigenvalue weighted by molar-refractivity contribution is 0.230. The SMILES string of the molecule is CCCNC(=O)NC1CC2CCC1C2. The molecule has 3 nitrogen and oxygen atoms in total. The predicted octanol–water partition coefficient (Wildman–Crippen LogP) is 1.88. The van der Waals surface area contributed by atoms with Gasteiger partial charge in [-0.15, -0.1) is 0 Å². The first-order valence-corrected chi connectivity index (χ1v) is 5.84. The fraction of sp³-hybridized carbons (Fsp3) is 0.909. The second-order valence-electron chi connectivity index (χ2n) is 4.68. The number of amides is 2. The quantitative estimate of drug-likeness (QED) is 0.711. The Morgan fingerprint density at radius 1 is 1.36 bits per heavy atom. The van der Waals surface area contributed by atoms with Crippen LogP contribution in [-0.2, 0) is 0 Å². The first-order valence-electron chi connectivity index (χ1n) is 5.84. The molecule has 3 heteroatoms. The molecular formula is C11H20N2O. The van der Waals surface area contributed by atoms with E-state index in [4.69, 9.17) is 0 Å². The summed E-state index contributed by atoms with van der Waals surface area (Å²) in [5.74, 6) is 1.67. The van der Waals surface area contributed by atoms with E-state index in [2.05, 4.69) is 17.6 Å². The summed E-state index contributed by atoms with van der Waals surface area (Å²) < 4.78 is 0. The van der Waals surface area contributed by atoms with Crippen molar-refractivity contribution >= 4 is 6.03 Å². The normalized spacial score (nSPS) is 34.5. The van der Waals surface area contributed by atoms with Crippen LogP contribution in [-0.4, -0.2) is 18.6 Å². The van der Waals surface area contributed by atoms with Crippen molar-refractivity contribution in [3.05, 3.63) is 0 Å². The summed E-state index contributed by atoms with van der Waals surface area (Å²) in [4.78, 5) is 11.4. The third-order valence-electron chi connectivity index (χ3n) is 3.59. The second-order valence-corrected chi connectivity index (χ2v) is 4.68. The summed E-state index contributed by atoms with van der Waals surface area (Å²) >= 11 is 0. The maximum Gasteiger partial charge on any atom is 0.315 e. The molecule has 3 unspecified atom stereocenters. The monoisotopic (exact) mass is 196 g/mol. The van der Waals surface area contributed by atoms with Crippen molar-refractivity contribution in [1.82, 2.24) is 10.6 Å². The van der Waals surface area contributed by atoms with E-state index in [1.807, 2.05) is 0 Å². The Hall–Kier alpha value is -0.730. The summed E-state index contributed by atoms with van der Waals surface area (Å²) in [6, 6.07) is 0.495. The summed E-state index contributed by atoms with van der Waals surface area (Å²) in [6.07, 6.45) is 6.27. The van der Waals surface area contributed by atoms with Gasteiger partial charge in [-0.2, -0.15) is 0 Å². The third kappa shape index (κ3) is 2.02. The zero-order valence-corrected chi connectivity index (χ0v) is 8.88. The molecule has 2 rings (SSSR count). The molecule has 0 heterocycles. The summed E-state index contributed by atoms with van der Waals surface area (Å²) in [7, 11) is 0. The van der Waals surface area contributed by atoms with Crippen LogP contribution in [0.4, 0.5) is 4.79 Å². The maximum absolute atomic E-state index is 11.4. The van der Waals surface area contributed by atoms with Gasteiger partial charge >= 0.3 is 6.03 Å². The molecule has 2 bridgehead atoms. The number of carbonyl (C=O) groups excluding carboxylic acids is 1. The van der Waals surface area contributed by atoms with Gasteiger partial charge in [-0.05, 0) is 37.5 Å². The highest BCUT2D eigenvalue weighted by atomic mass is 16.2. The van der Waals surface area contributed by atoms with Crippen LogP contribution >= 0.6 is 0 Å². The van der Waals surface area contributed by atoms with Crippen molar-refractivity contribution < 1.29 is 4.79 Å². The molecule has 0 radical (unpaired) electrons. The van der Waals surface area contributed by atoms with Crippen molar-refractivity contribution in [3.63, 3.8) is 0 Å². The molecule has 3 atom stereocenters. The third-order valence-corrected chi connectivity index (χ3v) is 3.59. The average Bonchev–Trinajstić information content (AvgIpc) is 2.76. The Balaban J connectivity index is 1.73. The Morgan fingerprint density at radius 2 is 2.21 bits per heavy atom. The first-order chi connectivity index (χ1) is 6.79. The summed E-state index contributed by atoms with van der Waals surface area (Å²) in [5, 5.41) is 5.96. The van der Waals surface area contributed by atoms with E-state index in [9.17, 15) is 4.79 Å². The fourth-order valence-electron chi connectivity index (χ4n) is 2.88. The topological polar surface area (TPSA) is 41.1 Å². The van der Waals surface area contributed by atoms with Gasteiger partial charge in [0, 0.05) is 12.6 Å². The zero-order valence-electron chi connectivity index (χ0n) is 8.88. The van der Waals surface area contributed by atoms with E-state index in [0.29, 0.717) is 6.04 Å². The summed E-state index contributed by atoms with van der Waals surface area (Å²) in [5.41, 5.74) is 0. The minimum atomic E-state index is 0.0319. The first kappa shape index (κ1) is 9.81. The van der Waals surface area contributed by atoms with Crippen LogP contribution in [0.5, 0.6) is 0 Å². The van der Waals surface area contributed by atoms with E-state index in [1.54, 1.807) is 0 Å². The number of fused-ring (bicyclic) bond motifs is 2. The van der Waals surface area contributed by atoms with E-state index in [1.165, 1.54) is 25.7 Å². The zero-order chi connectivity index (χ0) is 9.97. The van der Waals surface area contributed by atoms with Gasteiger partial charge in [0.2, 0.25) is 0 Å². The highest BCUT2D eigenvalue weighted by molar-refractivity contribution is 5.74. The van der Waals surface area contributed by atoms with Gasteiger partial charge in [-0.3, -0.25) is 0 Å². The molecule has 80 valence electrons. The molecule has 2 amide bonds. The average molecular weight is 196 g/mol. The summed E-state index contributed by atoms with van der Waals surface area (Å²) in [6.45, 7) is 2.85. The van der Waals surface area contributed by atoms with Gasteiger partial charge in [-0.25, -0.2) is 4.79 Å². The van der Waals surface area contributed by atoms with Crippen LogP contribution in [0.3, 0.4) is 0 Å². The maximum atomic E-state index is 11.4. The molecule has 0 saturated heterocycles. The number of rotatable bonds is 3. The molecule has 0 aromatic heterocycles. The molecule has 2 N–H and O–H groups in total. The standard InChI is InChI=1S/C11H20N2O/c1-2-5-12-11(14)13-10-7-8-3-4-9(10)6-8/h8-10H,2-7H2,1H3,(H2,12,13,14). The van der Waals surface area contributed by atoms with Crippen LogP contribution in [0.15, 0.2) is 0 Å². The molecule has 0 aromatic rings.